The van der Waals surface area contributed by atoms with Gasteiger partial charge in [-0.25, -0.2) is 4.98 Å². The van der Waals surface area contributed by atoms with Crippen molar-refractivity contribution in [2.75, 3.05) is 26.2 Å². The molecule has 126 valence electrons. The molecule has 1 fully saturated rings. The molecule has 1 aromatic carbocycles. The predicted molar refractivity (Wildman–Crippen MR) is 87.4 cm³/mol. The number of aromatic nitrogens is 1. The maximum atomic E-state index is 12.3. The predicted octanol–water partition coefficient (Wildman–Crippen LogP) is 1.31. The van der Waals surface area contributed by atoms with Gasteiger partial charge in [-0.05, 0) is 24.0 Å². The maximum absolute atomic E-state index is 12.3. The molecule has 1 saturated heterocycles. The molecule has 2 aliphatic heterocycles. The third kappa shape index (κ3) is 2.95. The van der Waals surface area contributed by atoms with Gasteiger partial charge in [0.25, 0.3) is 5.91 Å². The highest BCUT2D eigenvalue weighted by Crippen LogP contribution is 2.27. The summed E-state index contributed by atoms with van der Waals surface area (Å²) in [5.41, 5.74) is 1.87. The van der Waals surface area contributed by atoms with Crippen molar-refractivity contribution in [2.24, 2.45) is 0 Å². The fourth-order valence-electron chi connectivity index (χ4n) is 3.74. The van der Waals surface area contributed by atoms with E-state index in [0.29, 0.717) is 26.1 Å². The van der Waals surface area contributed by atoms with Gasteiger partial charge in [0, 0.05) is 26.2 Å². The Bertz CT molecular complexity index is 731. The number of amides is 1. The molecule has 0 radical (unpaired) electrons. The van der Waals surface area contributed by atoms with Crippen LogP contribution in [0.25, 0.3) is 0 Å². The monoisotopic (exact) mass is 327 g/mol. The van der Waals surface area contributed by atoms with E-state index in [1.807, 2.05) is 0 Å². The number of likely N-dealkylation sites (tertiary alicyclic amines) is 1. The zero-order valence-corrected chi connectivity index (χ0v) is 13.5. The molecule has 1 atom stereocenters. The van der Waals surface area contributed by atoms with Gasteiger partial charge in [-0.3, -0.25) is 9.69 Å². The van der Waals surface area contributed by atoms with Crippen LogP contribution in [0.15, 0.2) is 41.3 Å². The van der Waals surface area contributed by atoms with Crippen LogP contribution in [0.2, 0.25) is 0 Å². The van der Waals surface area contributed by atoms with Gasteiger partial charge in [0.1, 0.15) is 0 Å². The number of nitrogens with zero attached hydrogens (tertiary/aromatic N) is 3. The number of rotatable bonds is 3. The first kappa shape index (κ1) is 15.4. The number of oxazole rings is 1. The number of carbonyl (C=O) groups is 1. The highest BCUT2D eigenvalue weighted by Gasteiger charge is 2.40. The van der Waals surface area contributed by atoms with Gasteiger partial charge in [-0.15, -0.1) is 0 Å². The molecule has 6 heteroatoms. The van der Waals surface area contributed by atoms with Crippen LogP contribution in [-0.4, -0.2) is 57.6 Å². The minimum Gasteiger partial charge on any atom is -0.438 e. The summed E-state index contributed by atoms with van der Waals surface area (Å²) < 4.78 is 5.07. The summed E-state index contributed by atoms with van der Waals surface area (Å²) in [5.74, 6) is 0.0264. The smallest absolute Gasteiger partial charge is 0.291 e. The lowest BCUT2D eigenvalue weighted by Crippen LogP contribution is -2.47. The molecule has 0 saturated carbocycles. The van der Waals surface area contributed by atoms with Crippen LogP contribution in [0.4, 0.5) is 0 Å². The lowest BCUT2D eigenvalue weighted by atomic mass is 9.97. The summed E-state index contributed by atoms with van der Waals surface area (Å²) >= 11 is 0. The number of hydrogen-bond acceptors (Lipinski definition) is 5. The van der Waals surface area contributed by atoms with Gasteiger partial charge in [-0.1, -0.05) is 24.3 Å². The quantitative estimate of drug-likeness (QED) is 0.920. The van der Waals surface area contributed by atoms with E-state index in [1.54, 1.807) is 4.90 Å². The summed E-state index contributed by atoms with van der Waals surface area (Å²) in [7, 11) is 0. The van der Waals surface area contributed by atoms with E-state index >= 15 is 0 Å². The van der Waals surface area contributed by atoms with Crippen molar-refractivity contribution in [3.63, 3.8) is 0 Å². The van der Waals surface area contributed by atoms with Gasteiger partial charge in [0.05, 0.1) is 18.3 Å². The van der Waals surface area contributed by atoms with Crippen LogP contribution in [0.5, 0.6) is 0 Å². The normalized spacial score (nSPS) is 24.1. The van der Waals surface area contributed by atoms with Crippen LogP contribution in [0.1, 0.15) is 28.1 Å². The molecule has 4 rings (SSSR count). The second-order valence-corrected chi connectivity index (χ2v) is 6.80. The molecule has 1 aromatic heterocycles. The van der Waals surface area contributed by atoms with E-state index in [-0.39, 0.29) is 11.7 Å². The SMILES string of the molecule is O=C(c1cnco1)N1CC[C@](O)(CN2CCc3ccccc3C2)C1. The summed E-state index contributed by atoms with van der Waals surface area (Å²) in [6.45, 7) is 3.26. The van der Waals surface area contributed by atoms with Crippen LogP contribution in [0.3, 0.4) is 0 Å². The molecule has 0 bridgehead atoms. The molecule has 24 heavy (non-hydrogen) atoms. The van der Waals surface area contributed by atoms with Crippen molar-refractivity contribution in [3.05, 3.63) is 53.7 Å². The number of carbonyl (C=O) groups excluding carboxylic acids is 1. The lowest BCUT2D eigenvalue weighted by molar-refractivity contribution is 0.00775. The van der Waals surface area contributed by atoms with Gasteiger partial charge >= 0.3 is 0 Å². The van der Waals surface area contributed by atoms with Crippen molar-refractivity contribution < 1.29 is 14.3 Å². The van der Waals surface area contributed by atoms with Gasteiger partial charge in [0.2, 0.25) is 5.76 Å². The van der Waals surface area contributed by atoms with Crippen LogP contribution in [-0.2, 0) is 13.0 Å². The Morgan fingerprint density at radius 2 is 2.12 bits per heavy atom. The van der Waals surface area contributed by atoms with Crippen LogP contribution >= 0.6 is 0 Å². The summed E-state index contributed by atoms with van der Waals surface area (Å²) in [6, 6.07) is 8.46. The van der Waals surface area contributed by atoms with Crippen molar-refractivity contribution in [2.45, 2.75) is 25.0 Å². The largest absolute Gasteiger partial charge is 0.438 e. The maximum Gasteiger partial charge on any atom is 0.291 e. The number of β-amino-alcohol motifs (C(OH)–C–C–N with tert-alkyl or cyclic N) is 1. The first-order valence-corrected chi connectivity index (χ1v) is 8.32. The minimum atomic E-state index is -0.859. The lowest BCUT2D eigenvalue weighted by Gasteiger charge is -2.34. The first-order valence-electron chi connectivity index (χ1n) is 8.32. The molecule has 0 spiro atoms. The van der Waals surface area contributed by atoms with Crippen LogP contribution < -0.4 is 0 Å². The summed E-state index contributed by atoms with van der Waals surface area (Å²) in [5, 5.41) is 10.9. The molecule has 0 unspecified atom stereocenters. The minimum absolute atomic E-state index is 0.201. The second-order valence-electron chi connectivity index (χ2n) is 6.80. The topological polar surface area (TPSA) is 69.8 Å². The Hall–Kier alpha value is -2.18. The van der Waals surface area contributed by atoms with E-state index in [4.69, 9.17) is 4.42 Å². The molecule has 3 heterocycles. The molecule has 6 nitrogen and oxygen atoms in total. The van der Waals surface area contributed by atoms with Gasteiger partial charge < -0.3 is 14.4 Å². The fourth-order valence-corrected chi connectivity index (χ4v) is 3.74. The van der Waals surface area contributed by atoms with E-state index in [2.05, 4.69) is 34.1 Å². The molecule has 1 N–H and O–H groups in total. The van der Waals surface area contributed by atoms with Crippen LogP contribution in [0, 0.1) is 0 Å². The number of benzene rings is 1. The number of aliphatic hydroxyl groups is 1. The van der Waals surface area contributed by atoms with Crippen molar-refractivity contribution in [3.8, 4) is 0 Å². The fraction of sp³-hybridized carbons (Fsp3) is 0.444. The van der Waals surface area contributed by atoms with Crippen molar-refractivity contribution >= 4 is 5.91 Å². The molecule has 0 aliphatic carbocycles. The van der Waals surface area contributed by atoms with E-state index in [9.17, 15) is 9.90 Å². The highest BCUT2D eigenvalue weighted by atomic mass is 16.3. The number of hydrogen-bond donors (Lipinski definition) is 1. The second kappa shape index (κ2) is 6.03. The molecule has 2 aliphatic rings. The molecule has 1 amide bonds. The average molecular weight is 327 g/mol. The molecular weight excluding hydrogens is 306 g/mol. The van der Waals surface area contributed by atoms with Crippen molar-refractivity contribution in [1.29, 1.82) is 0 Å². The summed E-state index contributed by atoms with van der Waals surface area (Å²) in [6.07, 6.45) is 4.26. The van der Waals surface area contributed by atoms with Crippen molar-refractivity contribution in [1.82, 2.24) is 14.8 Å². The Morgan fingerprint density at radius 3 is 2.92 bits per heavy atom. The molecular formula is C18H21N3O3. The Balaban J connectivity index is 1.40. The number of fused-ring (bicyclic) bond motifs is 1. The van der Waals surface area contributed by atoms with Gasteiger partial charge in [0.15, 0.2) is 6.39 Å². The Kier molecular flexibility index (Phi) is 3.86. The summed E-state index contributed by atoms with van der Waals surface area (Å²) in [4.78, 5) is 20.0. The van der Waals surface area contributed by atoms with Gasteiger partial charge in [-0.2, -0.15) is 0 Å². The first-order chi connectivity index (χ1) is 11.6. The standard InChI is InChI=1S/C18H21N3O3/c22-17(16-9-19-13-24-16)21-8-6-18(23,12-21)11-20-7-5-14-3-1-2-4-15(14)10-20/h1-4,9,13,23H,5-8,10-12H2/t18-/m0/s1. The third-order valence-corrected chi connectivity index (χ3v) is 4.99. The Morgan fingerprint density at radius 1 is 1.29 bits per heavy atom. The molecule has 2 aromatic rings. The zero-order chi connectivity index (χ0) is 16.6. The van der Waals surface area contributed by atoms with E-state index < -0.39 is 5.60 Å². The Labute approximate surface area is 140 Å². The average Bonchev–Trinajstić information content (AvgIpc) is 3.24. The third-order valence-electron chi connectivity index (χ3n) is 4.99. The zero-order valence-electron chi connectivity index (χ0n) is 13.5. The van der Waals surface area contributed by atoms with E-state index in [1.165, 1.54) is 23.7 Å². The highest BCUT2D eigenvalue weighted by molar-refractivity contribution is 5.91. The van der Waals surface area contributed by atoms with E-state index in [0.717, 1.165) is 19.5 Å².